The van der Waals surface area contributed by atoms with Gasteiger partial charge < -0.3 is 19.1 Å². The lowest BCUT2D eigenvalue weighted by atomic mass is 10.0. The maximum Gasteiger partial charge on any atom is 0.387 e. The molecule has 2 unspecified atom stereocenters. The van der Waals surface area contributed by atoms with E-state index in [0.717, 1.165) is 0 Å². The first kappa shape index (κ1) is 21.9. The molecule has 0 radical (unpaired) electrons. The SMILES string of the molecule is OC1CC(c2ccccc2OC(F)F)n2c1nc1ccc(-c3cnc(C4(F)COC4)nc3)c(F)c12. The number of hydrogen-bond acceptors (Lipinski definition) is 6. The third-order valence-corrected chi connectivity index (χ3v) is 6.39. The van der Waals surface area contributed by atoms with Crippen LogP contribution in [0.5, 0.6) is 5.75 Å². The molecule has 11 heteroatoms. The van der Waals surface area contributed by atoms with Gasteiger partial charge in [-0.3, -0.25) is 0 Å². The highest BCUT2D eigenvalue weighted by atomic mass is 19.3. The van der Waals surface area contributed by atoms with Crippen LogP contribution in [0.4, 0.5) is 17.6 Å². The van der Waals surface area contributed by atoms with E-state index in [2.05, 4.69) is 19.7 Å². The fraction of sp³-hybridized carbons (Fsp3) is 0.292. The number of nitrogens with zero attached hydrogens (tertiary/aromatic N) is 4. The van der Waals surface area contributed by atoms with Gasteiger partial charge in [-0.05, 0) is 18.2 Å². The lowest BCUT2D eigenvalue weighted by molar-refractivity contribution is -0.140. The summed E-state index contributed by atoms with van der Waals surface area (Å²) in [5.41, 5.74) is -0.498. The summed E-state index contributed by atoms with van der Waals surface area (Å²) < 4.78 is 67.5. The molecule has 2 atom stereocenters. The molecule has 7 nitrogen and oxygen atoms in total. The van der Waals surface area contributed by atoms with Crippen molar-refractivity contribution in [3.8, 4) is 16.9 Å². The Hall–Kier alpha value is -3.57. The quantitative estimate of drug-likeness (QED) is 0.420. The van der Waals surface area contributed by atoms with E-state index < -0.39 is 30.2 Å². The van der Waals surface area contributed by atoms with Gasteiger partial charge in [0.1, 0.15) is 23.2 Å². The van der Waals surface area contributed by atoms with Crippen LogP contribution in [-0.2, 0) is 10.4 Å². The van der Waals surface area contributed by atoms with Crippen molar-refractivity contribution >= 4 is 11.0 Å². The predicted molar refractivity (Wildman–Crippen MR) is 115 cm³/mol. The summed E-state index contributed by atoms with van der Waals surface area (Å²) in [5.74, 6) is -0.511. The molecule has 2 aliphatic heterocycles. The number of para-hydroxylation sites is 1. The van der Waals surface area contributed by atoms with Gasteiger partial charge in [-0.15, -0.1) is 0 Å². The number of aliphatic hydroxyl groups excluding tert-OH is 1. The number of imidazole rings is 1. The summed E-state index contributed by atoms with van der Waals surface area (Å²) >= 11 is 0. The van der Waals surface area contributed by atoms with Crippen molar-refractivity contribution in [1.29, 1.82) is 0 Å². The molecular weight excluding hydrogens is 468 g/mol. The number of aliphatic hydroxyl groups is 1. The number of aromatic nitrogens is 4. The van der Waals surface area contributed by atoms with Gasteiger partial charge in [0.05, 0.1) is 24.8 Å². The number of ether oxygens (including phenoxy) is 2. The van der Waals surface area contributed by atoms with E-state index in [-0.39, 0.29) is 48.1 Å². The van der Waals surface area contributed by atoms with Crippen molar-refractivity contribution in [2.24, 2.45) is 0 Å². The molecule has 4 aromatic rings. The molecule has 1 N–H and O–H groups in total. The molecule has 2 aromatic carbocycles. The van der Waals surface area contributed by atoms with Crippen molar-refractivity contribution in [2.45, 2.75) is 30.8 Å². The molecule has 0 bridgehead atoms. The Morgan fingerprint density at radius 1 is 1.11 bits per heavy atom. The van der Waals surface area contributed by atoms with Gasteiger partial charge in [0.2, 0.25) is 5.67 Å². The van der Waals surface area contributed by atoms with Gasteiger partial charge in [0, 0.05) is 35.5 Å². The molecule has 180 valence electrons. The van der Waals surface area contributed by atoms with Crippen LogP contribution in [0.2, 0.25) is 0 Å². The predicted octanol–water partition coefficient (Wildman–Crippen LogP) is 4.46. The fourth-order valence-electron chi connectivity index (χ4n) is 4.70. The number of halogens is 4. The topological polar surface area (TPSA) is 82.3 Å². The number of fused-ring (bicyclic) bond motifs is 3. The third kappa shape index (κ3) is 3.45. The Balaban J connectivity index is 1.46. The monoisotopic (exact) mass is 486 g/mol. The number of alkyl halides is 3. The molecule has 4 heterocycles. The van der Waals surface area contributed by atoms with E-state index in [9.17, 15) is 18.3 Å². The largest absolute Gasteiger partial charge is 0.434 e. The molecule has 0 amide bonds. The second-order valence-corrected chi connectivity index (χ2v) is 8.57. The van der Waals surface area contributed by atoms with Crippen LogP contribution in [0.1, 0.15) is 35.8 Å². The van der Waals surface area contributed by atoms with Gasteiger partial charge in [-0.25, -0.2) is 23.7 Å². The highest BCUT2D eigenvalue weighted by molar-refractivity contribution is 5.84. The second-order valence-electron chi connectivity index (χ2n) is 8.57. The average molecular weight is 486 g/mol. The van der Waals surface area contributed by atoms with Crippen molar-refractivity contribution in [2.75, 3.05) is 13.2 Å². The molecule has 2 aliphatic rings. The van der Waals surface area contributed by atoms with Crippen LogP contribution in [0, 0.1) is 5.82 Å². The van der Waals surface area contributed by atoms with E-state index in [1.165, 1.54) is 29.1 Å². The molecule has 1 fully saturated rings. The van der Waals surface area contributed by atoms with Crippen molar-refractivity contribution in [3.63, 3.8) is 0 Å². The van der Waals surface area contributed by atoms with Gasteiger partial charge in [0.25, 0.3) is 0 Å². The van der Waals surface area contributed by atoms with Crippen LogP contribution >= 0.6 is 0 Å². The summed E-state index contributed by atoms with van der Waals surface area (Å²) in [7, 11) is 0. The first-order chi connectivity index (χ1) is 16.9. The van der Waals surface area contributed by atoms with E-state index >= 15 is 4.39 Å². The minimum absolute atomic E-state index is 0.0296. The summed E-state index contributed by atoms with van der Waals surface area (Å²) in [6.45, 7) is -3.30. The van der Waals surface area contributed by atoms with Crippen molar-refractivity contribution in [3.05, 3.63) is 71.8 Å². The minimum Gasteiger partial charge on any atom is -0.434 e. The van der Waals surface area contributed by atoms with E-state index in [1.54, 1.807) is 24.3 Å². The first-order valence-electron chi connectivity index (χ1n) is 10.9. The molecule has 1 saturated heterocycles. The maximum absolute atomic E-state index is 15.9. The Morgan fingerprint density at radius 3 is 2.54 bits per heavy atom. The summed E-state index contributed by atoms with van der Waals surface area (Å²) in [5, 5.41) is 10.6. The van der Waals surface area contributed by atoms with Gasteiger partial charge in [0.15, 0.2) is 11.6 Å². The zero-order valence-electron chi connectivity index (χ0n) is 18.0. The van der Waals surface area contributed by atoms with E-state index in [4.69, 9.17) is 4.74 Å². The Morgan fingerprint density at radius 2 is 1.86 bits per heavy atom. The fourth-order valence-corrected chi connectivity index (χ4v) is 4.70. The van der Waals surface area contributed by atoms with Crippen molar-refractivity contribution < 1.29 is 32.1 Å². The van der Waals surface area contributed by atoms with Crippen LogP contribution in [0.15, 0.2) is 48.8 Å². The summed E-state index contributed by atoms with van der Waals surface area (Å²) in [6.07, 6.45) is 1.77. The highest BCUT2D eigenvalue weighted by Gasteiger charge is 2.43. The number of rotatable bonds is 5. The van der Waals surface area contributed by atoms with Gasteiger partial charge in [-0.1, -0.05) is 18.2 Å². The smallest absolute Gasteiger partial charge is 0.387 e. The normalized spacial score (nSPS) is 20.7. The van der Waals surface area contributed by atoms with Crippen LogP contribution in [0.3, 0.4) is 0 Å². The first-order valence-corrected chi connectivity index (χ1v) is 10.9. The Labute approximate surface area is 196 Å². The standard InChI is InChI=1S/C24H18F4N4O3/c25-19-13(12-8-29-22(30-9-12)24(28)10-34-11-24)5-6-15-20(19)32-16(7-17(33)21(32)31-15)14-3-1-2-4-18(14)35-23(26)27/h1-6,8-9,16-17,23,33H,7,10-11H2. The highest BCUT2D eigenvalue weighted by Crippen LogP contribution is 2.45. The molecule has 35 heavy (non-hydrogen) atoms. The van der Waals surface area contributed by atoms with Gasteiger partial charge in [-0.2, -0.15) is 8.78 Å². The van der Waals surface area contributed by atoms with E-state index in [1.807, 2.05) is 0 Å². The lowest BCUT2D eigenvalue weighted by Gasteiger charge is -2.31. The molecular formula is C24H18F4N4O3. The van der Waals surface area contributed by atoms with Crippen molar-refractivity contribution in [1.82, 2.24) is 19.5 Å². The van der Waals surface area contributed by atoms with Gasteiger partial charge >= 0.3 is 6.61 Å². The molecule has 2 aromatic heterocycles. The molecule has 0 spiro atoms. The number of benzene rings is 2. The summed E-state index contributed by atoms with van der Waals surface area (Å²) in [4.78, 5) is 12.5. The zero-order valence-corrected chi connectivity index (χ0v) is 18.0. The molecule has 0 aliphatic carbocycles. The Kier molecular flexibility index (Phi) is 5.01. The number of hydrogen-bond donors (Lipinski definition) is 1. The van der Waals surface area contributed by atoms with Crippen LogP contribution in [0.25, 0.3) is 22.2 Å². The third-order valence-electron chi connectivity index (χ3n) is 6.39. The zero-order chi connectivity index (χ0) is 24.3. The molecule has 6 rings (SSSR count). The summed E-state index contributed by atoms with van der Waals surface area (Å²) in [6, 6.07) is 8.62. The molecule has 0 saturated carbocycles. The maximum atomic E-state index is 15.9. The van der Waals surface area contributed by atoms with Crippen LogP contribution < -0.4 is 4.74 Å². The minimum atomic E-state index is -3.04. The van der Waals surface area contributed by atoms with Crippen LogP contribution in [-0.4, -0.2) is 44.5 Å². The average Bonchev–Trinajstić information content (AvgIpc) is 3.36. The van der Waals surface area contributed by atoms with E-state index in [0.29, 0.717) is 16.6 Å². The lowest BCUT2D eigenvalue weighted by Crippen LogP contribution is -2.43. The second kappa shape index (κ2) is 7.99. The Bertz CT molecular complexity index is 1420.